The van der Waals surface area contributed by atoms with Gasteiger partial charge in [0.25, 0.3) is 0 Å². The maximum absolute atomic E-state index is 2.35. The third-order valence-corrected chi connectivity index (χ3v) is 3.89. The molecule has 1 aromatic rings. The third kappa shape index (κ3) is 1.27. The molecule has 1 aromatic carbocycles. The van der Waals surface area contributed by atoms with Crippen molar-refractivity contribution in [2.45, 2.75) is 32.2 Å². The Labute approximate surface area is 86.9 Å². The number of nitrogens with zero attached hydrogens (tertiary/aromatic N) is 1. The van der Waals surface area contributed by atoms with E-state index in [1.165, 1.54) is 17.7 Å². The maximum Gasteiger partial charge on any atom is 0.136 e. The summed E-state index contributed by atoms with van der Waals surface area (Å²) in [5.41, 5.74) is 3.04. The Bertz CT molecular complexity index is 341. The van der Waals surface area contributed by atoms with Crippen LogP contribution in [0.2, 0.25) is 0 Å². The fraction of sp³-hybridized carbons (Fsp3) is 0.538. The van der Waals surface area contributed by atoms with Gasteiger partial charge in [-0.1, -0.05) is 25.1 Å². The molecule has 0 amide bonds. The first kappa shape index (κ1) is 9.72. The molecule has 76 valence electrons. The van der Waals surface area contributed by atoms with Crippen molar-refractivity contribution in [1.82, 2.24) is 4.48 Å². The normalized spacial score (nSPS) is 29.7. The van der Waals surface area contributed by atoms with Crippen molar-refractivity contribution in [3.8, 4) is 0 Å². The molecule has 1 heterocycles. The van der Waals surface area contributed by atoms with E-state index in [0.717, 1.165) is 10.5 Å². The van der Waals surface area contributed by atoms with Crippen LogP contribution in [0.3, 0.4) is 0 Å². The van der Waals surface area contributed by atoms with E-state index in [1.807, 2.05) is 0 Å². The van der Waals surface area contributed by atoms with Gasteiger partial charge in [0.15, 0.2) is 0 Å². The number of quaternary nitrogens is 1. The Kier molecular flexibility index (Phi) is 2.15. The Morgan fingerprint density at radius 1 is 1.14 bits per heavy atom. The topological polar surface area (TPSA) is 0 Å². The lowest BCUT2D eigenvalue weighted by atomic mass is 9.86. The first-order valence-electron chi connectivity index (χ1n) is 5.46. The van der Waals surface area contributed by atoms with Crippen LogP contribution >= 0.6 is 0 Å². The summed E-state index contributed by atoms with van der Waals surface area (Å²) in [7, 11) is 4.63. The highest BCUT2D eigenvalue weighted by molar-refractivity contribution is 5.53. The molecule has 14 heavy (non-hydrogen) atoms. The van der Waals surface area contributed by atoms with Crippen molar-refractivity contribution in [2.24, 2.45) is 0 Å². The van der Waals surface area contributed by atoms with E-state index >= 15 is 0 Å². The minimum Gasteiger partial charge on any atom is -0.294 e. The van der Waals surface area contributed by atoms with Gasteiger partial charge in [-0.25, -0.2) is 0 Å². The van der Waals surface area contributed by atoms with E-state index in [1.54, 1.807) is 0 Å². The zero-order valence-electron chi connectivity index (χ0n) is 9.62. The largest absolute Gasteiger partial charge is 0.294 e. The quantitative estimate of drug-likeness (QED) is 0.551. The van der Waals surface area contributed by atoms with Crippen molar-refractivity contribution >= 4 is 5.69 Å². The summed E-state index contributed by atoms with van der Waals surface area (Å²) in [5, 5.41) is 0. The molecule has 0 saturated heterocycles. The Morgan fingerprint density at radius 2 is 1.79 bits per heavy atom. The van der Waals surface area contributed by atoms with Gasteiger partial charge in [0, 0.05) is 12.0 Å². The van der Waals surface area contributed by atoms with Crippen LogP contribution in [-0.2, 0) is 0 Å². The first-order chi connectivity index (χ1) is 6.53. The molecule has 0 saturated carbocycles. The lowest BCUT2D eigenvalue weighted by molar-refractivity contribution is 0.262. The van der Waals surface area contributed by atoms with E-state index in [0.29, 0.717) is 5.92 Å². The number of hydrogen-bond donors (Lipinski definition) is 0. The predicted molar refractivity (Wildman–Crippen MR) is 62.6 cm³/mol. The molecule has 0 aliphatic carbocycles. The zero-order chi connectivity index (χ0) is 10.3. The predicted octanol–water partition coefficient (Wildman–Crippen LogP) is 3.15. The van der Waals surface area contributed by atoms with E-state index < -0.39 is 0 Å². The highest BCUT2D eigenvalue weighted by atomic mass is 15.3. The summed E-state index contributed by atoms with van der Waals surface area (Å²) in [4.78, 5) is 0. The van der Waals surface area contributed by atoms with Crippen LogP contribution in [0.15, 0.2) is 24.3 Å². The van der Waals surface area contributed by atoms with Crippen molar-refractivity contribution in [2.75, 3.05) is 14.1 Å². The van der Waals surface area contributed by atoms with Crippen molar-refractivity contribution in [3.63, 3.8) is 0 Å². The fourth-order valence-electron chi connectivity index (χ4n) is 2.57. The van der Waals surface area contributed by atoms with Gasteiger partial charge in [-0.2, -0.15) is 0 Å². The van der Waals surface area contributed by atoms with Gasteiger partial charge in [-0.3, -0.25) is 4.48 Å². The maximum atomic E-state index is 2.35. The minimum atomic E-state index is 0.715. The second-order valence-corrected chi connectivity index (χ2v) is 5.08. The lowest BCUT2D eigenvalue weighted by Crippen LogP contribution is -2.51. The van der Waals surface area contributed by atoms with Crippen molar-refractivity contribution in [1.29, 1.82) is 0 Å². The molecule has 2 rings (SSSR count). The van der Waals surface area contributed by atoms with Gasteiger partial charge >= 0.3 is 0 Å². The Morgan fingerprint density at radius 3 is 2.50 bits per heavy atom. The summed E-state index contributed by atoms with van der Waals surface area (Å²) >= 11 is 0. The summed E-state index contributed by atoms with van der Waals surface area (Å²) in [6.07, 6.45) is 1.30. The molecule has 2 atom stereocenters. The van der Waals surface area contributed by atoms with Gasteiger partial charge in [0.1, 0.15) is 5.69 Å². The second-order valence-electron chi connectivity index (χ2n) is 5.08. The summed E-state index contributed by atoms with van der Waals surface area (Å²) in [6, 6.07) is 9.60. The number of para-hydroxylation sites is 1. The van der Waals surface area contributed by atoms with Crippen LogP contribution in [0.25, 0.3) is 0 Å². The van der Waals surface area contributed by atoms with Crippen molar-refractivity contribution in [3.05, 3.63) is 29.8 Å². The Hall–Kier alpha value is -0.820. The molecule has 1 nitrogen and oxygen atoms in total. The molecule has 0 radical (unpaired) electrons. The summed E-state index contributed by atoms with van der Waals surface area (Å²) < 4.78 is 1.03. The van der Waals surface area contributed by atoms with Gasteiger partial charge < -0.3 is 0 Å². The van der Waals surface area contributed by atoms with Crippen LogP contribution in [0.5, 0.6) is 0 Å². The molecular formula is C13H20N+. The number of fused-ring (bicyclic) bond motifs is 1. The summed E-state index contributed by atoms with van der Waals surface area (Å²) in [5.74, 6) is 0.715. The van der Waals surface area contributed by atoms with Gasteiger partial charge in [0.05, 0.1) is 20.1 Å². The molecule has 0 N–H and O–H groups in total. The Balaban J connectivity index is 2.57. The van der Waals surface area contributed by atoms with Gasteiger partial charge in [-0.05, 0) is 18.9 Å². The SMILES string of the molecule is CC1CC(C)[N+](C)(C)c2ccccc21. The van der Waals surface area contributed by atoms with Crippen LogP contribution < -0.4 is 4.48 Å². The molecule has 0 fully saturated rings. The molecule has 2 unspecified atom stereocenters. The second kappa shape index (κ2) is 3.09. The molecule has 0 spiro atoms. The average molecular weight is 190 g/mol. The van der Waals surface area contributed by atoms with E-state index in [9.17, 15) is 0 Å². The minimum absolute atomic E-state index is 0.715. The van der Waals surface area contributed by atoms with Crippen LogP contribution in [0.1, 0.15) is 31.7 Å². The van der Waals surface area contributed by atoms with Crippen molar-refractivity contribution < 1.29 is 0 Å². The molecule has 0 bridgehead atoms. The highest BCUT2D eigenvalue weighted by Gasteiger charge is 2.36. The summed E-state index contributed by atoms with van der Waals surface area (Å²) in [6.45, 7) is 4.70. The van der Waals surface area contributed by atoms with Crippen LogP contribution in [0, 0.1) is 0 Å². The molecule has 1 heteroatoms. The standard InChI is InChI=1S/C13H20N/c1-10-9-11(2)14(3,4)13-8-6-5-7-12(10)13/h5-8,10-11H,9H2,1-4H3/q+1. The molecule has 1 aliphatic rings. The first-order valence-corrected chi connectivity index (χ1v) is 5.46. The highest BCUT2D eigenvalue weighted by Crippen LogP contribution is 2.40. The lowest BCUT2D eigenvalue weighted by Gasteiger charge is -2.42. The monoisotopic (exact) mass is 190 g/mol. The smallest absolute Gasteiger partial charge is 0.136 e. The van der Waals surface area contributed by atoms with Gasteiger partial charge in [-0.15, -0.1) is 0 Å². The third-order valence-electron chi connectivity index (χ3n) is 3.89. The number of benzene rings is 1. The molecule has 0 aromatic heterocycles. The number of hydrogen-bond acceptors (Lipinski definition) is 0. The van der Waals surface area contributed by atoms with E-state index in [2.05, 4.69) is 52.2 Å². The zero-order valence-corrected chi connectivity index (χ0v) is 9.62. The molecule has 1 aliphatic heterocycles. The average Bonchev–Trinajstić information content (AvgIpc) is 2.16. The molecular weight excluding hydrogens is 170 g/mol. The van der Waals surface area contributed by atoms with Crippen LogP contribution in [0.4, 0.5) is 5.69 Å². The van der Waals surface area contributed by atoms with Crippen LogP contribution in [-0.4, -0.2) is 20.1 Å². The number of rotatable bonds is 0. The van der Waals surface area contributed by atoms with Gasteiger partial charge in [0.2, 0.25) is 0 Å². The fourth-order valence-corrected chi connectivity index (χ4v) is 2.57. The van der Waals surface area contributed by atoms with E-state index in [4.69, 9.17) is 0 Å². The van der Waals surface area contributed by atoms with E-state index in [-0.39, 0.29) is 0 Å².